The van der Waals surface area contributed by atoms with Crippen molar-refractivity contribution in [2.24, 2.45) is 0 Å². The van der Waals surface area contributed by atoms with Crippen LogP contribution in [0.1, 0.15) is 32.3 Å². The number of Topliss-reactive ketones (excluding diaryl/α,β-unsaturated/α-hetero) is 1. The van der Waals surface area contributed by atoms with Gasteiger partial charge in [0.1, 0.15) is 11.6 Å². The molecule has 0 radical (unpaired) electrons. The van der Waals surface area contributed by atoms with Crippen LogP contribution in [0.5, 0.6) is 0 Å². The van der Waals surface area contributed by atoms with Crippen LogP contribution in [-0.4, -0.2) is 32.5 Å². The molecule has 3 aromatic rings. The molecule has 0 aromatic heterocycles. The molecule has 0 saturated carbocycles. The zero-order valence-corrected chi connectivity index (χ0v) is 16.0. The highest BCUT2D eigenvalue weighted by molar-refractivity contribution is 6.10. The molecular formula is C22H15N3O6. The molecule has 154 valence electrons. The van der Waals surface area contributed by atoms with E-state index in [4.69, 9.17) is 0 Å². The van der Waals surface area contributed by atoms with Crippen LogP contribution in [-0.2, 0) is 0 Å². The van der Waals surface area contributed by atoms with Crippen LogP contribution < -0.4 is 0 Å². The maximum absolute atomic E-state index is 13.2. The summed E-state index contributed by atoms with van der Waals surface area (Å²) in [5.41, 5.74) is -0.342. The minimum atomic E-state index is -0.838. The maximum atomic E-state index is 13.2. The highest BCUT2D eigenvalue weighted by Crippen LogP contribution is 2.46. The summed E-state index contributed by atoms with van der Waals surface area (Å²) in [6.07, 6.45) is 0. The molecule has 9 heteroatoms. The molecule has 1 aliphatic heterocycles. The van der Waals surface area contributed by atoms with Gasteiger partial charge < -0.3 is 4.90 Å². The van der Waals surface area contributed by atoms with E-state index < -0.39 is 39.2 Å². The minimum absolute atomic E-state index is 0.285. The van der Waals surface area contributed by atoms with Crippen LogP contribution in [0.25, 0.3) is 0 Å². The molecule has 1 amide bonds. The summed E-state index contributed by atoms with van der Waals surface area (Å²) in [6, 6.07) is 18.8. The number of carbonyl (C=O) groups is 2. The highest BCUT2D eigenvalue weighted by atomic mass is 16.6. The molecule has 31 heavy (non-hydrogen) atoms. The van der Waals surface area contributed by atoms with Gasteiger partial charge in [-0.3, -0.25) is 29.8 Å². The van der Waals surface area contributed by atoms with E-state index in [0.717, 1.165) is 23.8 Å². The molecule has 9 nitrogen and oxygen atoms in total. The van der Waals surface area contributed by atoms with Crippen molar-refractivity contribution in [2.45, 2.75) is 12.1 Å². The number of nitro benzene ring substituents is 2. The molecule has 1 fully saturated rings. The Morgan fingerprint density at radius 1 is 0.806 bits per heavy atom. The first-order valence-electron chi connectivity index (χ1n) is 9.30. The van der Waals surface area contributed by atoms with Crippen molar-refractivity contribution < 1.29 is 19.4 Å². The number of hydrogen-bond acceptors (Lipinski definition) is 6. The lowest BCUT2D eigenvalue weighted by atomic mass is 10.0. The van der Waals surface area contributed by atoms with Crippen molar-refractivity contribution in [3.8, 4) is 0 Å². The van der Waals surface area contributed by atoms with E-state index in [0.29, 0.717) is 5.56 Å². The zero-order chi connectivity index (χ0) is 22.1. The number of ketones is 1. The molecule has 0 bridgehead atoms. The number of nitro groups is 2. The lowest BCUT2D eigenvalue weighted by molar-refractivity contribution is -0.394. The third-order valence-electron chi connectivity index (χ3n) is 5.13. The normalized spacial score (nSPS) is 17.1. The Morgan fingerprint density at radius 3 is 2.00 bits per heavy atom. The van der Waals surface area contributed by atoms with Crippen molar-refractivity contribution in [3.63, 3.8) is 0 Å². The number of carbonyl (C=O) groups excluding carboxylic acids is 2. The van der Waals surface area contributed by atoms with Gasteiger partial charge >= 0.3 is 0 Å². The number of non-ortho nitro benzene ring substituents is 1. The van der Waals surface area contributed by atoms with Gasteiger partial charge in [-0.25, -0.2) is 0 Å². The number of benzene rings is 3. The Kier molecular flexibility index (Phi) is 5.00. The quantitative estimate of drug-likeness (QED) is 0.259. The summed E-state index contributed by atoms with van der Waals surface area (Å²) >= 11 is 0. The van der Waals surface area contributed by atoms with Crippen LogP contribution in [0.3, 0.4) is 0 Å². The number of amides is 1. The second-order valence-corrected chi connectivity index (χ2v) is 6.96. The average molecular weight is 417 g/mol. The number of hydrogen-bond donors (Lipinski definition) is 0. The van der Waals surface area contributed by atoms with Crippen molar-refractivity contribution in [2.75, 3.05) is 0 Å². The van der Waals surface area contributed by atoms with Crippen LogP contribution in [0.4, 0.5) is 11.4 Å². The van der Waals surface area contributed by atoms with E-state index in [2.05, 4.69) is 0 Å². The second kappa shape index (κ2) is 7.79. The van der Waals surface area contributed by atoms with Crippen molar-refractivity contribution in [1.82, 2.24) is 4.90 Å². The zero-order valence-electron chi connectivity index (χ0n) is 16.0. The minimum Gasteiger partial charge on any atom is -0.316 e. The van der Waals surface area contributed by atoms with E-state index in [1.807, 2.05) is 0 Å². The molecule has 0 aliphatic carbocycles. The van der Waals surface area contributed by atoms with Gasteiger partial charge in [-0.1, -0.05) is 60.7 Å². The predicted molar refractivity (Wildman–Crippen MR) is 110 cm³/mol. The topological polar surface area (TPSA) is 123 Å². The van der Waals surface area contributed by atoms with E-state index in [1.54, 1.807) is 60.7 Å². The molecule has 0 spiro atoms. The fourth-order valence-electron chi connectivity index (χ4n) is 3.62. The largest absolute Gasteiger partial charge is 0.316 e. The van der Waals surface area contributed by atoms with Gasteiger partial charge in [0.15, 0.2) is 5.78 Å². The molecule has 1 heterocycles. The summed E-state index contributed by atoms with van der Waals surface area (Å²) in [5.74, 6) is -1.02. The van der Waals surface area contributed by atoms with Gasteiger partial charge in [-0.15, -0.1) is 0 Å². The van der Waals surface area contributed by atoms with Crippen LogP contribution in [0.15, 0.2) is 78.9 Å². The van der Waals surface area contributed by atoms with Gasteiger partial charge in [0, 0.05) is 11.6 Å². The SMILES string of the molecule is O=C(c1ccccc1)[C@@H]1[C@@H](c2ccccc2)N1C(=O)c1ccc([N+](=O)[O-])cc1[N+](=O)[O-]. The molecule has 1 aliphatic rings. The van der Waals surface area contributed by atoms with E-state index in [9.17, 15) is 29.8 Å². The summed E-state index contributed by atoms with van der Waals surface area (Å²) in [5, 5.41) is 22.5. The Morgan fingerprint density at radius 2 is 1.42 bits per heavy atom. The number of nitrogens with zero attached hydrogens (tertiary/aromatic N) is 3. The Hall–Kier alpha value is -4.40. The van der Waals surface area contributed by atoms with Gasteiger partial charge in [-0.05, 0) is 11.6 Å². The fourth-order valence-corrected chi connectivity index (χ4v) is 3.62. The molecular weight excluding hydrogens is 402 g/mol. The van der Waals surface area contributed by atoms with Gasteiger partial charge in [0.25, 0.3) is 17.3 Å². The van der Waals surface area contributed by atoms with Gasteiger partial charge in [0.2, 0.25) is 0 Å². The third kappa shape index (κ3) is 3.64. The smallest absolute Gasteiger partial charge is 0.289 e. The summed E-state index contributed by atoms with van der Waals surface area (Å²) in [7, 11) is 0. The Balaban J connectivity index is 1.74. The first kappa shape index (κ1) is 19.9. The van der Waals surface area contributed by atoms with Gasteiger partial charge in [-0.2, -0.15) is 0 Å². The predicted octanol–water partition coefficient (Wildman–Crippen LogP) is 3.95. The van der Waals surface area contributed by atoms with E-state index in [1.165, 1.54) is 4.90 Å². The first-order valence-corrected chi connectivity index (χ1v) is 9.30. The highest BCUT2D eigenvalue weighted by Gasteiger charge is 2.57. The summed E-state index contributed by atoms with van der Waals surface area (Å²) < 4.78 is 0. The van der Waals surface area contributed by atoms with Crippen LogP contribution in [0.2, 0.25) is 0 Å². The maximum Gasteiger partial charge on any atom is 0.289 e. The molecule has 3 aromatic carbocycles. The molecule has 0 N–H and O–H groups in total. The molecule has 0 unspecified atom stereocenters. The van der Waals surface area contributed by atoms with Crippen molar-refractivity contribution >= 4 is 23.1 Å². The third-order valence-corrected chi connectivity index (χ3v) is 5.13. The van der Waals surface area contributed by atoms with Gasteiger partial charge in [0.05, 0.1) is 22.0 Å². The van der Waals surface area contributed by atoms with Crippen molar-refractivity contribution in [1.29, 1.82) is 0 Å². The summed E-state index contributed by atoms with van der Waals surface area (Å²) in [6.45, 7) is 0. The Bertz CT molecular complexity index is 1200. The molecule has 2 atom stereocenters. The molecule has 4 rings (SSSR count). The lowest BCUT2D eigenvalue weighted by Crippen LogP contribution is -2.20. The number of rotatable bonds is 6. The fraction of sp³-hybridized carbons (Fsp3) is 0.0909. The monoisotopic (exact) mass is 417 g/mol. The van der Waals surface area contributed by atoms with E-state index in [-0.39, 0.29) is 11.3 Å². The first-order chi connectivity index (χ1) is 14.9. The van der Waals surface area contributed by atoms with Crippen molar-refractivity contribution in [3.05, 3.63) is 116 Å². The summed E-state index contributed by atoms with van der Waals surface area (Å²) in [4.78, 5) is 48.5. The van der Waals surface area contributed by atoms with E-state index >= 15 is 0 Å². The van der Waals surface area contributed by atoms with Crippen LogP contribution >= 0.6 is 0 Å². The average Bonchev–Trinajstić information content (AvgIpc) is 3.54. The van der Waals surface area contributed by atoms with Crippen LogP contribution in [0, 0.1) is 20.2 Å². The standard InChI is InChI=1S/C22H15N3O6/c26-21(15-9-5-2-6-10-15)20-19(14-7-3-1-4-8-14)23(20)22(27)17-12-11-16(24(28)29)13-18(17)25(30)31/h1-13,19-20H/t19-,20+,23?/m1/s1. The Labute approximate surface area is 175 Å². The molecule has 1 saturated heterocycles. The second-order valence-electron chi connectivity index (χ2n) is 6.96. The lowest BCUT2D eigenvalue weighted by Gasteiger charge is -2.06.